The van der Waals surface area contributed by atoms with Crippen molar-refractivity contribution in [3.05, 3.63) is 82.1 Å². The molecule has 1 aliphatic rings. The minimum Gasteiger partial charge on any atom is -0.350 e. The summed E-state index contributed by atoms with van der Waals surface area (Å²) in [7, 11) is 0. The maximum Gasteiger partial charge on any atom is 0.270 e. The van der Waals surface area contributed by atoms with Gasteiger partial charge in [-0.15, -0.1) is 11.3 Å². The van der Waals surface area contributed by atoms with E-state index in [0.29, 0.717) is 12.2 Å². The smallest absolute Gasteiger partial charge is 0.270 e. The summed E-state index contributed by atoms with van der Waals surface area (Å²) >= 11 is 1.57. The molecule has 1 aliphatic heterocycles. The van der Waals surface area contributed by atoms with Crippen LogP contribution in [0.3, 0.4) is 0 Å². The van der Waals surface area contributed by atoms with Crippen LogP contribution in [0.25, 0.3) is 0 Å². The molecule has 1 fully saturated rings. The lowest BCUT2D eigenvalue weighted by atomic mass is 10.2. The Labute approximate surface area is 181 Å². The van der Waals surface area contributed by atoms with Crippen LogP contribution in [0.2, 0.25) is 0 Å². The molecule has 30 heavy (non-hydrogen) atoms. The topological polar surface area (TPSA) is 61.4 Å². The molecule has 0 bridgehead atoms. The van der Waals surface area contributed by atoms with Crippen molar-refractivity contribution in [1.82, 2.24) is 25.1 Å². The highest BCUT2D eigenvalue weighted by molar-refractivity contribution is 7.09. The van der Waals surface area contributed by atoms with E-state index in [4.69, 9.17) is 0 Å². The van der Waals surface area contributed by atoms with Crippen molar-refractivity contribution < 1.29 is 4.79 Å². The molecule has 3 heterocycles. The molecule has 1 saturated heterocycles. The van der Waals surface area contributed by atoms with Crippen LogP contribution in [0.1, 0.15) is 26.8 Å². The van der Waals surface area contributed by atoms with E-state index < -0.39 is 0 Å². The van der Waals surface area contributed by atoms with Gasteiger partial charge < -0.3 is 5.32 Å². The van der Waals surface area contributed by atoms with E-state index in [1.807, 2.05) is 23.6 Å². The third-order valence-corrected chi connectivity index (χ3v) is 6.08. The fraction of sp³-hybridized carbons (Fsp3) is 0.348. The molecule has 0 saturated carbocycles. The summed E-state index contributed by atoms with van der Waals surface area (Å²) < 4.78 is 0. The Kier molecular flexibility index (Phi) is 7.18. The lowest BCUT2D eigenvalue weighted by Crippen LogP contribution is -2.45. The number of nitrogens with one attached hydrogen (secondary N) is 1. The molecule has 0 atom stereocenters. The van der Waals surface area contributed by atoms with E-state index in [1.54, 1.807) is 17.5 Å². The minimum absolute atomic E-state index is 0.110. The van der Waals surface area contributed by atoms with Gasteiger partial charge in [0.2, 0.25) is 0 Å². The van der Waals surface area contributed by atoms with Crippen molar-refractivity contribution in [2.45, 2.75) is 19.5 Å². The van der Waals surface area contributed by atoms with Gasteiger partial charge in [-0.1, -0.05) is 36.4 Å². The normalized spacial score (nSPS) is 15.2. The van der Waals surface area contributed by atoms with Gasteiger partial charge in [-0.25, -0.2) is 4.98 Å². The maximum absolute atomic E-state index is 12.3. The number of aromatic nitrogens is 2. The van der Waals surface area contributed by atoms with Gasteiger partial charge in [-0.2, -0.15) is 0 Å². The average molecular weight is 422 g/mol. The van der Waals surface area contributed by atoms with Crippen molar-refractivity contribution in [3.8, 4) is 0 Å². The van der Waals surface area contributed by atoms with Crippen LogP contribution in [-0.2, 0) is 19.5 Å². The standard InChI is InChI=1S/C23H27N5OS/c29-23(25-11-9-20-8-4-5-10-24-20)21-18-30-22(26-21)17-28-14-12-27(13-15-28)16-19-6-2-1-3-7-19/h1-8,10,18H,9,11-17H2,(H,25,29). The van der Waals surface area contributed by atoms with Crippen molar-refractivity contribution in [3.63, 3.8) is 0 Å². The first-order valence-electron chi connectivity index (χ1n) is 10.4. The maximum atomic E-state index is 12.3. The van der Waals surface area contributed by atoms with Gasteiger partial charge >= 0.3 is 0 Å². The van der Waals surface area contributed by atoms with Crippen LogP contribution in [0.5, 0.6) is 0 Å². The third kappa shape index (κ3) is 5.95. The zero-order chi connectivity index (χ0) is 20.6. The number of hydrogen-bond acceptors (Lipinski definition) is 6. The molecule has 0 radical (unpaired) electrons. The van der Waals surface area contributed by atoms with Crippen LogP contribution in [-0.4, -0.2) is 58.4 Å². The molecular formula is C23H27N5OS. The van der Waals surface area contributed by atoms with Gasteiger partial charge in [-0.05, 0) is 17.7 Å². The van der Waals surface area contributed by atoms with Gasteiger partial charge in [0.25, 0.3) is 5.91 Å². The molecule has 4 rings (SSSR count). The Bertz CT molecular complexity index is 923. The molecular weight excluding hydrogens is 394 g/mol. The summed E-state index contributed by atoms with van der Waals surface area (Å²) in [4.78, 5) is 26.1. The van der Waals surface area contributed by atoms with Crippen molar-refractivity contribution >= 4 is 17.2 Å². The van der Waals surface area contributed by atoms with E-state index in [2.05, 4.69) is 55.4 Å². The van der Waals surface area contributed by atoms with Gasteiger partial charge in [0.1, 0.15) is 10.7 Å². The Morgan fingerprint density at radius 3 is 2.43 bits per heavy atom. The van der Waals surface area contributed by atoms with E-state index in [9.17, 15) is 4.79 Å². The molecule has 1 amide bonds. The molecule has 1 N–H and O–H groups in total. The van der Waals surface area contributed by atoms with Gasteiger partial charge in [-0.3, -0.25) is 19.6 Å². The van der Waals surface area contributed by atoms with Crippen molar-refractivity contribution in [1.29, 1.82) is 0 Å². The Morgan fingerprint density at radius 1 is 0.967 bits per heavy atom. The zero-order valence-corrected chi connectivity index (χ0v) is 17.9. The van der Waals surface area contributed by atoms with Crippen LogP contribution in [0.15, 0.2) is 60.1 Å². The number of thiazole rings is 1. The highest BCUT2D eigenvalue weighted by Crippen LogP contribution is 2.15. The summed E-state index contributed by atoms with van der Waals surface area (Å²) in [5.41, 5.74) is 2.85. The fourth-order valence-electron chi connectivity index (χ4n) is 3.57. The van der Waals surface area contributed by atoms with Crippen molar-refractivity contribution in [2.75, 3.05) is 32.7 Å². The fourth-order valence-corrected chi connectivity index (χ4v) is 4.38. The monoisotopic (exact) mass is 421 g/mol. The number of hydrogen-bond donors (Lipinski definition) is 1. The van der Waals surface area contributed by atoms with Crippen LogP contribution in [0.4, 0.5) is 0 Å². The zero-order valence-electron chi connectivity index (χ0n) is 17.0. The first kappa shape index (κ1) is 20.7. The minimum atomic E-state index is -0.110. The SMILES string of the molecule is O=C(NCCc1ccccn1)c1csc(CN2CCN(Cc3ccccc3)CC2)n1. The van der Waals surface area contributed by atoms with E-state index in [1.165, 1.54) is 5.56 Å². The van der Waals surface area contributed by atoms with Crippen molar-refractivity contribution in [2.24, 2.45) is 0 Å². The van der Waals surface area contributed by atoms with Gasteiger partial charge in [0.15, 0.2) is 0 Å². The molecule has 156 valence electrons. The summed E-state index contributed by atoms with van der Waals surface area (Å²) in [6.45, 7) is 6.55. The molecule has 0 aliphatic carbocycles. The van der Waals surface area contributed by atoms with E-state index in [-0.39, 0.29) is 5.91 Å². The number of carbonyl (C=O) groups is 1. The Balaban J connectivity index is 1.19. The van der Waals surface area contributed by atoms with Crippen LogP contribution < -0.4 is 5.32 Å². The average Bonchev–Trinajstić information content (AvgIpc) is 3.25. The highest BCUT2D eigenvalue weighted by atomic mass is 32.1. The second kappa shape index (κ2) is 10.4. The summed E-state index contributed by atoms with van der Waals surface area (Å²) in [5, 5.41) is 5.80. The highest BCUT2D eigenvalue weighted by Gasteiger charge is 2.19. The molecule has 2 aromatic heterocycles. The molecule has 1 aromatic carbocycles. The first-order valence-corrected chi connectivity index (χ1v) is 11.3. The number of amides is 1. The van der Waals surface area contributed by atoms with Crippen LogP contribution >= 0.6 is 11.3 Å². The number of benzene rings is 1. The summed E-state index contributed by atoms with van der Waals surface area (Å²) in [5.74, 6) is -0.110. The predicted octanol–water partition coefficient (Wildman–Crippen LogP) is 2.83. The number of piperazine rings is 1. The summed E-state index contributed by atoms with van der Waals surface area (Å²) in [6.07, 6.45) is 2.49. The molecule has 0 unspecified atom stereocenters. The molecule has 3 aromatic rings. The number of nitrogens with zero attached hydrogens (tertiary/aromatic N) is 4. The molecule has 6 nitrogen and oxygen atoms in total. The van der Waals surface area contributed by atoms with Gasteiger partial charge in [0.05, 0.1) is 6.54 Å². The quantitative estimate of drug-likeness (QED) is 0.606. The van der Waals surface area contributed by atoms with E-state index in [0.717, 1.165) is 56.4 Å². The third-order valence-electron chi connectivity index (χ3n) is 5.25. The van der Waals surface area contributed by atoms with E-state index >= 15 is 0 Å². The number of pyridine rings is 1. The summed E-state index contributed by atoms with van der Waals surface area (Å²) in [6, 6.07) is 16.4. The predicted molar refractivity (Wildman–Crippen MR) is 119 cm³/mol. The first-order chi connectivity index (χ1) is 14.8. The van der Waals surface area contributed by atoms with Crippen LogP contribution in [0, 0.1) is 0 Å². The lowest BCUT2D eigenvalue weighted by Gasteiger charge is -2.34. The molecule has 0 spiro atoms. The Morgan fingerprint density at radius 2 is 1.70 bits per heavy atom. The second-order valence-corrected chi connectivity index (χ2v) is 8.43. The second-order valence-electron chi connectivity index (χ2n) is 7.49. The Hall–Kier alpha value is -2.61. The largest absolute Gasteiger partial charge is 0.350 e. The lowest BCUT2D eigenvalue weighted by molar-refractivity contribution is 0.0949. The number of carbonyl (C=O) groups excluding carboxylic acids is 1. The van der Waals surface area contributed by atoms with Gasteiger partial charge in [0, 0.05) is 63.0 Å². The number of rotatable bonds is 8. The molecule has 7 heteroatoms.